The quantitative estimate of drug-likeness (QED) is 0.654. The van der Waals surface area contributed by atoms with E-state index in [1.165, 1.54) is 12.2 Å². The van der Waals surface area contributed by atoms with Crippen LogP contribution in [-0.4, -0.2) is 16.7 Å². The summed E-state index contributed by atoms with van der Waals surface area (Å²) >= 11 is 0. The summed E-state index contributed by atoms with van der Waals surface area (Å²) in [6.07, 6.45) is 11.7. The predicted molar refractivity (Wildman–Crippen MR) is 70.6 cm³/mol. The van der Waals surface area contributed by atoms with Crippen molar-refractivity contribution in [2.24, 2.45) is 0 Å². The van der Waals surface area contributed by atoms with Gasteiger partial charge in [-0.25, -0.2) is 4.79 Å². The molecule has 1 aliphatic rings. The molecule has 102 valence electrons. The first-order valence-corrected chi connectivity index (χ1v) is 5.79. The lowest BCUT2D eigenvalue weighted by Gasteiger charge is -1.92. The van der Waals surface area contributed by atoms with Crippen molar-refractivity contribution in [3.8, 4) is 0 Å². The number of hydrogen-bond donors (Lipinski definition) is 1. The zero-order valence-corrected chi connectivity index (χ0v) is 10.4. The summed E-state index contributed by atoms with van der Waals surface area (Å²) in [5.74, 6) is -1.59. The fraction of sp³-hybridized carbons (Fsp3) is 0.0714. The Morgan fingerprint density at radius 3 is 2.70 bits per heavy atom. The van der Waals surface area contributed by atoms with Gasteiger partial charge in [0, 0.05) is 6.08 Å². The van der Waals surface area contributed by atoms with Gasteiger partial charge in [-0.05, 0) is 6.08 Å². The van der Waals surface area contributed by atoms with E-state index in [4.69, 9.17) is 9.15 Å². The molecule has 0 radical (unpaired) electrons. The average molecular weight is 273 g/mol. The molecule has 0 bridgehead atoms. The fourth-order valence-corrected chi connectivity index (χ4v) is 1.43. The highest BCUT2D eigenvalue weighted by atomic mass is 16.5. The molecule has 0 spiro atoms. The summed E-state index contributed by atoms with van der Waals surface area (Å²) < 4.78 is 9.60. The number of ether oxygens (including phenoxy) is 1. The van der Waals surface area contributed by atoms with Gasteiger partial charge in [0.2, 0.25) is 0 Å². The molecule has 1 aromatic heterocycles. The monoisotopic (exact) mass is 273 g/mol. The van der Waals surface area contributed by atoms with Crippen LogP contribution in [0.3, 0.4) is 0 Å². The van der Waals surface area contributed by atoms with E-state index in [1.54, 1.807) is 30.4 Å². The topological polar surface area (TPSA) is 89.4 Å². The molecular formula is C14H11NO5. The maximum absolute atomic E-state index is 11.6. The van der Waals surface area contributed by atoms with Crippen LogP contribution in [0.1, 0.15) is 6.42 Å². The highest BCUT2D eigenvalue weighted by Gasteiger charge is 2.01. The number of fused-ring (bicyclic) bond motifs is 1. The van der Waals surface area contributed by atoms with Crippen LogP contribution in [0.15, 0.2) is 45.7 Å². The molecule has 0 aromatic carbocycles. The van der Waals surface area contributed by atoms with Crippen molar-refractivity contribution in [3.63, 3.8) is 0 Å². The lowest BCUT2D eigenvalue weighted by atomic mass is 10.3. The molecule has 0 saturated carbocycles. The number of cyclic esters (lactones) is 1. The zero-order valence-electron chi connectivity index (χ0n) is 10.4. The number of carbonyl (C=O) groups is 2. The first kappa shape index (κ1) is 13.5. The van der Waals surface area contributed by atoms with E-state index in [0.717, 1.165) is 6.26 Å². The van der Waals surface area contributed by atoms with Crippen LogP contribution < -0.4 is 16.5 Å². The van der Waals surface area contributed by atoms with E-state index in [-0.39, 0.29) is 23.0 Å². The molecule has 0 fully saturated rings. The van der Waals surface area contributed by atoms with Gasteiger partial charge in [0.05, 0.1) is 11.8 Å². The number of esters is 1. The van der Waals surface area contributed by atoms with E-state index in [9.17, 15) is 14.4 Å². The van der Waals surface area contributed by atoms with Gasteiger partial charge in [-0.15, -0.1) is 0 Å². The zero-order chi connectivity index (χ0) is 14.4. The fourth-order valence-electron chi connectivity index (χ4n) is 1.43. The lowest BCUT2D eigenvalue weighted by molar-refractivity contribution is -0.135. The van der Waals surface area contributed by atoms with Gasteiger partial charge in [-0.1, -0.05) is 30.4 Å². The van der Waals surface area contributed by atoms with E-state index in [1.807, 2.05) is 0 Å². The molecule has 20 heavy (non-hydrogen) atoms. The Balaban J connectivity index is 2.49. The van der Waals surface area contributed by atoms with Crippen molar-refractivity contribution in [2.45, 2.75) is 6.42 Å². The van der Waals surface area contributed by atoms with Crippen molar-refractivity contribution in [2.75, 3.05) is 0 Å². The maximum atomic E-state index is 11.6. The number of oxazole rings is 1. The second-order valence-corrected chi connectivity index (χ2v) is 3.82. The molecule has 6 heteroatoms. The molecule has 6 nitrogen and oxygen atoms in total. The number of rotatable bonds is 0. The van der Waals surface area contributed by atoms with Gasteiger partial charge in [0.1, 0.15) is 6.26 Å². The molecular weight excluding hydrogens is 262 g/mol. The highest BCUT2D eigenvalue weighted by molar-refractivity contribution is 6.13. The molecule has 1 aromatic rings. The summed E-state index contributed by atoms with van der Waals surface area (Å²) in [6, 6.07) is 0. The molecule has 0 aliphatic carbocycles. The van der Waals surface area contributed by atoms with Crippen LogP contribution in [0.25, 0.3) is 12.3 Å². The maximum Gasteiger partial charge on any atom is 0.417 e. The van der Waals surface area contributed by atoms with Gasteiger partial charge in [-0.3, -0.25) is 14.6 Å². The predicted octanol–water partition coefficient (Wildman–Crippen LogP) is -0.329. The summed E-state index contributed by atoms with van der Waals surface area (Å²) in [5, 5.41) is 0.147. The highest BCUT2D eigenvalue weighted by Crippen LogP contribution is 1.91. The summed E-state index contributed by atoms with van der Waals surface area (Å²) in [7, 11) is 0. The largest absolute Gasteiger partial charge is 0.430 e. The van der Waals surface area contributed by atoms with Crippen LogP contribution in [-0.2, 0) is 14.3 Å². The first-order valence-electron chi connectivity index (χ1n) is 5.79. The van der Waals surface area contributed by atoms with Gasteiger partial charge in [0.25, 0.3) is 0 Å². The number of ketones is 1. The Morgan fingerprint density at radius 2 is 1.85 bits per heavy atom. The molecule has 0 amide bonds. The third-order valence-electron chi connectivity index (χ3n) is 2.30. The van der Waals surface area contributed by atoms with Crippen LogP contribution in [0, 0.1) is 0 Å². The molecule has 2 heterocycles. The second kappa shape index (κ2) is 6.33. The molecule has 0 unspecified atom stereocenters. The van der Waals surface area contributed by atoms with Crippen molar-refractivity contribution in [1.29, 1.82) is 0 Å². The number of allylic oxidation sites excluding steroid dienone is 5. The van der Waals surface area contributed by atoms with Gasteiger partial charge in [0.15, 0.2) is 11.2 Å². The molecule has 1 N–H and O–H groups in total. The van der Waals surface area contributed by atoms with Gasteiger partial charge < -0.3 is 9.15 Å². The Bertz CT molecular complexity index is 773. The Labute approximate surface area is 113 Å². The standard InChI is InChI=1S/C14H11NO5/c16-10-6-4-2-1-3-5-7-13(17)19-9-12-11(8-10)15-14(18)20-12/h1-6,8-9H,7H2,(H,15,18)/b2-1-,5-3-,6-4-,11-8+,12-9+. The Hall–Kier alpha value is -2.89. The van der Waals surface area contributed by atoms with Crippen LogP contribution in [0.2, 0.25) is 0 Å². The van der Waals surface area contributed by atoms with Crippen LogP contribution in [0.5, 0.6) is 0 Å². The molecule has 0 saturated heterocycles. The van der Waals surface area contributed by atoms with Gasteiger partial charge >= 0.3 is 11.7 Å². The normalized spacial score (nSPS) is 24.0. The number of H-pyrrole nitrogens is 1. The van der Waals surface area contributed by atoms with Crippen molar-refractivity contribution in [1.82, 2.24) is 4.98 Å². The minimum Gasteiger partial charge on any atom is -0.430 e. The number of carbonyl (C=O) groups excluding carboxylic acids is 2. The Kier molecular flexibility index (Phi) is 4.28. The summed E-state index contributed by atoms with van der Waals surface area (Å²) in [4.78, 5) is 36.5. The number of aromatic amines is 1. The second-order valence-electron chi connectivity index (χ2n) is 3.82. The van der Waals surface area contributed by atoms with E-state index < -0.39 is 11.7 Å². The minimum atomic E-state index is -0.737. The van der Waals surface area contributed by atoms with E-state index in [0.29, 0.717) is 0 Å². The van der Waals surface area contributed by atoms with Crippen molar-refractivity contribution < 1.29 is 18.7 Å². The molecule has 1 aliphatic heterocycles. The van der Waals surface area contributed by atoms with E-state index >= 15 is 0 Å². The van der Waals surface area contributed by atoms with Crippen molar-refractivity contribution >= 4 is 24.1 Å². The number of hydrogen-bond acceptors (Lipinski definition) is 5. The third kappa shape index (κ3) is 3.81. The van der Waals surface area contributed by atoms with Gasteiger partial charge in [-0.2, -0.15) is 0 Å². The van der Waals surface area contributed by atoms with Crippen LogP contribution in [0.4, 0.5) is 0 Å². The lowest BCUT2D eigenvalue weighted by Crippen LogP contribution is -2.24. The van der Waals surface area contributed by atoms with E-state index in [2.05, 4.69) is 4.98 Å². The molecule has 0 atom stereocenters. The first-order chi connectivity index (χ1) is 9.65. The van der Waals surface area contributed by atoms with Crippen molar-refractivity contribution in [3.05, 3.63) is 57.8 Å². The molecule has 2 rings (SSSR count). The number of nitrogens with one attached hydrogen (secondary N) is 1. The SMILES string of the molecule is O=C1\C=C/C=C\C=C/CC(=O)O/C=c2/oc(=O)[nH]/c2=C/1. The summed E-state index contributed by atoms with van der Waals surface area (Å²) in [6.45, 7) is 0. The Morgan fingerprint density at radius 1 is 1.05 bits per heavy atom. The minimum absolute atomic E-state index is 0.0123. The smallest absolute Gasteiger partial charge is 0.417 e. The number of aromatic nitrogens is 1. The average Bonchev–Trinajstić information content (AvgIpc) is 2.74. The van der Waals surface area contributed by atoms with Crippen LogP contribution >= 0.6 is 0 Å². The third-order valence-corrected chi connectivity index (χ3v) is 2.30. The summed E-state index contributed by atoms with van der Waals surface area (Å²) in [5.41, 5.74) is -0.0123.